The van der Waals surface area contributed by atoms with Crippen molar-refractivity contribution in [2.24, 2.45) is 5.92 Å². The van der Waals surface area contributed by atoms with E-state index in [9.17, 15) is 8.42 Å². The number of rotatable bonds is 7. The van der Waals surface area contributed by atoms with Crippen LogP contribution < -0.4 is 10.0 Å². The van der Waals surface area contributed by atoms with Crippen molar-refractivity contribution >= 4 is 10.0 Å². The molecule has 1 aromatic rings. The minimum absolute atomic E-state index is 0.0667. The number of benzene rings is 1. The summed E-state index contributed by atoms with van der Waals surface area (Å²) >= 11 is 0. The van der Waals surface area contributed by atoms with Gasteiger partial charge in [0.1, 0.15) is 0 Å². The highest BCUT2D eigenvalue weighted by molar-refractivity contribution is 7.88. The molecule has 1 aliphatic carbocycles. The summed E-state index contributed by atoms with van der Waals surface area (Å²) in [7, 11) is -1.35. The van der Waals surface area contributed by atoms with Crippen LogP contribution >= 0.6 is 0 Å². The Balaban J connectivity index is 1.89. The molecule has 5 heteroatoms. The Kier molecular flexibility index (Phi) is 6.21. The van der Waals surface area contributed by atoms with Gasteiger partial charge in [-0.25, -0.2) is 13.1 Å². The van der Waals surface area contributed by atoms with Crippen molar-refractivity contribution in [3.63, 3.8) is 0 Å². The third kappa shape index (κ3) is 5.77. The second-order valence-corrected chi connectivity index (χ2v) is 7.77. The quantitative estimate of drug-likeness (QED) is 0.813. The molecule has 0 spiro atoms. The Morgan fingerprint density at radius 3 is 2.57 bits per heavy atom. The fourth-order valence-corrected chi connectivity index (χ4v) is 4.15. The highest BCUT2D eigenvalue weighted by Crippen LogP contribution is 2.23. The lowest BCUT2D eigenvalue weighted by Crippen LogP contribution is -2.31. The third-order valence-corrected chi connectivity index (χ3v) is 5.37. The first-order valence-corrected chi connectivity index (χ1v) is 9.44. The van der Waals surface area contributed by atoms with Gasteiger partial charge in [0.05, 0.1) is 5.75 Å². The molecule has 0 saturated heterocycles. The van der Waals surface area contributed by atoms with E-state index in [4.69, 9.17) is 0 Å². The largest absolute Gasteiger partial charge is 0.316 e. The smallest absolute Gasteiger partial charge is 0.215 e. The predicted octanol–water partition coefficient (Wildman–Crippen LogP) is 2.41. The average Bonchev–Trinajstić information content (AvgIpc) is 2.47. The van der Waals surface area contributed by atoms with Gasteiger partial charge in [-0.05, 0) is 36.9 Å². The van der Waals surface area contributed by atoms with E-state index in [-0.39, 0.29) is 5.75 Å². The molecule has 1 aromatic carbocycles. The van der Waals surface area contributed by atoms with E-state index >= 15 is 0 Å². The first-order chi connectivity index (χ1) is 10.1. The van der Waals surface area contributed by atoms with Crippen molar-refractivity contribution in [2.75, 3.05) is 13.6 Å². The van der Waals surface area contributed by atoms with Gasteiger partial charge >= 0.3 is 0 Å². The van der Waals surface area contributed by atoms with Gasteiger partial charge in [0.15, 0.2) is 0 Å². The van der Waals surface area contributed by atoms with Gasteiger partial charge in [-0.2, -0.15) is 0 Å². The van der Waals surface area contributed by atoms with Crippen LogP contribution in [0.5, 0.6) is 0 Å². The maximum atomic E-state index is 12.2. The van der Waals surface area contributed by atoms with Crippen LogP contribution in [-0.4, -0.2) is 22.0 Å². The minimum Gasteiger partial charge on any atom is -0.316 e. The molecule has 0 bridgehead atoms. The Morgan fingerprint density at radius 1 is 1.14 bits per heavy atom. The normalized spacial score (nSPS) is 17.0. The van der Waals surface area contributed by atoms with Crippen molar-refractivity contribution in [3.8, 4) is 0 Å². The molecule has 0 aliphatic heterocycles. The fourth-order valence-electron chi connectivity index (χ4n) is 2.94. The van der Waals surface area contributed by atoms with Crippen LogP contribution in [0.4, 0.5) is 0 Å². The second-order valence-electron chi connectivity index (χ2n) is 5.96. The molecular formula is C16H26N2O2S. The van der Waals surface area contributed by atoms with E-state index in [0.29, 0.717) is 12.5 Å². The molecular weight excluding hydrogens is 284 g/mol. The molecule has 0 radical (unpaired) electrons. The Labute approximate surface area is 128 Å². The first kappa shape index (κ1) is 16.5. The highest BCUT2D eigenvalue weighted by atomic mass is 32.2. The molecule has 0 atom stereocenters. The van der Waals surface area contributed by atoms with Gasteiger partial charge in [-0.1, -0.05) is 43.5 Å². The summed E-state index contributed by atoms with van der Waals surface area (Å²) in [6, 6.07) is 7.75. The van der Waals surface area contributed by atoms with Crippen molar-refractivity contribution in [3.05, 3.63) is 35.4 Å². The molecule has 1 aliphatic rings. The van der Waals surface area contributed by atoms with E-state index in [0.717, 1.165) is 30.5 Å². The maximum absolute atomic E-state index is 12.2. The van der Waals surface area contributed by atoms with Gasteiger partial charge in [0.25, 0.3) is 0 Å². The molecule has 118 valence electrons. The Bertz CT molecular complexity index is 537. The lowest BCUT2D eigenvalue weighted by atomic mass is 9.90. The zero-order chi connectivity index (χ0) is 15.1. The van der Waals surface area contributed by atoms with Crippen LogP contribution in [0.3, 0.4) is 0 Å². The van der Waals surface area contributed by atoms with Crippen LogP contribution in [0.1, 0.15) is 43.2 Å². The lowest BCUT2D eigenvalue weighted by Gasteiger charge is -2.21. The summed E-state index contributed by atoms with van der Waals surface area (Å²) in [6.45, 7) is 1.35. The summed E-state index contributed by atoms with van der Waals surface area (Å²) in [5.41, 5.74) is 1.95. The van der Waals surface area contributed by atoms with Crippen molar-refractivity contribution < 1.29 is 8.42 Å². The highest BCUT2D eigenvalue weighted by Gasteiger charge is 2.17. The molecule has 0 unspecified atom stereocenters. The topological polar surface area (TPSA) is 58.2 Å². The van der Waals surface area contributed by atoms with E-state index in [1.807, 2.05) is 31.3 Å². The Morgan fingerprint density at radius 2 is 1.86 bits per heavy atom. The van der Waals surface area contributed by atoms with Gasteiger partial charge < -0.3 is 5.32 Å². The SMILES string of the molecule is CNCc1cccc(CS(=O)(=O)NCC2CCCCC2)c1. The van der Waals surface area contributed by atoms with Crippen LogP contribution in [-0.2, 0) is 22.3 Å². The number of hydrogen-bond donors (Lipinski definition) is 2. The standard InChI is InChI=1S/C16H26N2O2S/c1-17-11-15-8-5-9-16(10-15)13-21(19,20)18-12-14-6-3-2-4-7-14/h5,8-10,14,17-18H,2-4,6-7,11-13H2,1H3. The first-order valence-electron chi connectivity index (χ1n) is 7.79. The molecule has 0 heterocycles. The van der Waals surface area contributed by atoms with E-state index in [1.54, 1.807) is 0 Å². The number of hydrogen-bond acceptors (Lipinski definition) is 3. The molecule has 2 rings (SSSR count). The molecule has 0 amide bonds. The number of sulfonamides is 1. The Hall–Kier alpha value is -0.910. The van der Waals surface area contributed by atoms with Crippen molar-refractivity contribution in [1.82, 2.24) is 10.0 Å². The van der Waals surface area contributed by atoms with Crippen LogP contribution in [0.2, 0.25) is 0 Å². The summed E-state index contributed by atoms with van der Waals surface area (Å²) in [4.78, 5) is 0. The summed E-state index contributed by atoms with van der Waals surface area (Å²) in [5, 5.41) is 3.08. The zero-order valence-corrected chi connectivity index (χ0v) is 13.6. The van der Waals surface area contributed by atoms with Crippen LogP contribution in [0.25, 0.3) is 0 Å². The summed E-state index contributed by atoms with van der Waals surface area (Å²) in [6.07, 6.45) is 6.07. The predicted molar refractivity (Wildman–Crippen MR) is 86.4 cm³/mol. The van der Waals surface area contributed by atoms with Crippen molar-refractivity contribution in [1.29, 1.82) is 0 Å². The third-order valence-electron chi connectivity index (χ3n) is 4.05. The van der Waals surface area contributed by atoms with Gasteiger partial charge in [-0.15, -0.1) is 0 Å². The van der Waals surface area contributed by atoms with Crippen molar-refractivity contribution in [2.45, 2.75) is 44.4 Å². The molecule has 2 N–H and O–H groups in total. The van der Waals surface area contributed by atoms with Crippen LogP contribution in [0, 0.1) is 5.92 Å². The molecule has 0 aromatic heterocycles. The average molecular weight is 310 g/mol. The van der Waals surface area contributed by atoms with Gasteiger partial charge in [0, 0.05) is 13.1 Å². The zero-order valence-electron chi connectivity index (χ0n) is 12.8. The van der Waals surface area contributed by atoms with Gasteiger partial charge in [0.2, 0.25) is 10.0 Å². The molecule has 4 nitrogen and oxygen atoms in total. The minimum atomic E-state index is -3.24. The van der Waals surface area contributed by atoms with E-state index in [2.05, 4.69) is 10.0 Å². The van der Waals surface area contributed by atoms with E-state index in [1.165, 1.54) is 19.3 Å². The summed E-state index contributed by atoms with van der Waals surface area (Å²) < 4.78 is 27.2. The van der Waals surface area contributed by atoms with Crippen LogP contribution in [0.15, 0.2) is 24.3 Å². The molecule has 1 fully saturated rings. The summed E-state index contributed by atoms with van der Waals surface area (Å²) in [5.74, 6) is 0.584. The van der Waals surface area contributed by atoms with Gasteiger partial charge in [-0.3, -0.25) is 0 Å². The van der Waals surface area contributed by atoms with E-state index < -0.39 is 10.0 Å². The lowest BCUT2D eigenvalue weighted by molar-refractivity contribution is 0.357. The molecule has 1 saturated carbocycles. The fraction of sp³-hybridized carbons (Fsp3) is 0.625. The monoisotopic (exact) mass is 310 g/mol. The molecule has 21 heavy (non-hydrogen) atoms. The maximum Gasteiger partial charge on any atom is 0.215 e. The number of nitrogens with one attached hydrogen (secondary N) is 2. The second kappa shape index (κ2) is 7.92.